The Bertz CT molecular complexity index is 1730. The first-order valence-corrected chi connectivity index (χ1v) is 20.5. The van der Waals surface area contributed by atoms with Crippen LogP contribution in [0.5, 0.6) is 0 Å². The van der Waals surface area contributed by atoms with Crippen LogP contribution in [0.2, 0.25) is 5.02 Å². The van der Waals surface area contributed by atoms with Gasteiger partial charge in [-0.2, -0.15) is 0 Å². The van der Waals surface area contributed by atoms with Crippen LogP contribution in [0.3, 0.4) is 0 Å². The number of nitrogens with one attached hydrogen (secondary N) is 2. The fraction of sp³-hybridized carbons (Fsp3) is 0.525. The first-order chi connectivity index (χ1) is 26.3. The number of piperazine rings is 1. The van der Waals surface area contributed by atoms with Crippen molar-refractivity contribution in [2.75, 3.05) is 46.8 Å². The average molecular weight is 822 g/mol. The van der Waals surface area contributed by atoms with Crippen LogP contribution >= 0.6 is 27.5 Å². The van der Waals surface area contributed by atoms with Crippen LogP contribution in [0.15, 0.2) is 72.4 Å². The molecule has 1 saturated carbocycles. The molecule has 3 aliphatic rings. The number of halogens is 2. The fourth-order valence-electron chi connectivity index (χ4n) is 7.91. The van der Waals surface area contributed by atoms with Gasteiger partial charge >= 0.3 is 6.03 Å². The number of aryl methyl sites for hydroxylation is 4. The zero-order valence-electron chi connectivity index (χ0n) is 31.5. The lowest BCUT2D eigenvalue weighted by Crippen LogP contribution is -2.63. The fourth-order valence-corrected chi connectivity index (χ4v) is 8.48. The molecular formula is C40H54BrClN10O2. The van der Waals surface area contributed by atoms with E-state index in [1.165, 1.54) is 23.1 Å². The van der Waals surface area contributed by atoms with Crippen molar-refractivity contribution in [2.24, 2.45) is 0 Å². The van der Waals surface area contributed by atoms with Gasteiger partial charge in [0.25, 0.3) is 0 Å². The lowest BCUT2D eigenvalue weighted by Gasteiger charge is -2.45. The predicted octanol–water partition coefficient (Wildman–Crippen LogP) is 5.95. The molecule has 1 unspecified atom stereocenters. The number of hydrogen-bond donors (Lipinski definition) is 2. The molecule has 0 spiro atoms. The molecule has 3 aromatic heterocycles. The second-order valence-corrected chi connectivity index (χ2v) is 16.0. The summed E-state index contributed by atoms with van der Waals surface area (Å²) in [7, 11) is 3.82. The van der Waals surface area contributed by atoms with Gasteiger partial charge in [-0.05, 0) is 103 Å². The Morgan fingerprint density at radius 3 is 2.39 bits per heavy atom. The first-order valence-electron chi connectivity index (χ1n) is 19.4. The molecule has 1 aliphatic heterocycles. The number of likely N-dealkylation sites (N-methyl/N-ethyl adjacent to an activating group) is 1. The standard InChI is InChI=1S/C33H41BrClN7O2.C7H13N3/c1-39(13-5-14-40-15-12-36-22-40)32(43)29-21-41(16-17-42(29)33(44)38-27-6-3-2-4-7-27)31-28-11-10-26(35)19-23(28)8-9-24-18-25(34)20-37-30(24)31;1-8-3-2-5-10-6-4-9-7-10/h10-12,15,18-20,22,27,29,31H,2-9,13-14,16-17,21H2,1H3,(H,38,44);4,6-8H,2-3,5H2,1H3/t29-,31?;/m1./s1. The first kappa shape index (κ1) is 39.9. The zero-order valence-corrected chi connectivity index (χ0v) is 33.9. The number of aromatic nitrogens is 5. The van der Waals surface area contributed by atoms with Gasteiger partial charge in [-0.3, -0.25) is 14.7 Å². The number of carbonyl (C=O) groups excluding carboxylic acids is 2. The van der Waals surface area contributed by atoms with E-state index in [1.54, 1.807) is 28.5 Å². The van der Waals surface area contributed by atoms with Crippen molar-refractivity contribution in [1.82, 2.24) is 49.4 Å². The Morgan fingerprint density at radius 1 is 0.963 bits per heavy atom. The van der Waals surface area contributed by atoms with Gasteiger partial charge in [-0.1, -0.05) is 36.9 Å². The van der Waals surface area contributed by atoms with E-state index < -0.39 is 6.04 Å². The minimum absolute atomic E-state index is 0.0342. The van der Waals surface area contributed by atoms with E-state index in [0.717, 1.165) is 86.2 Å². The van der Waals surface area contributed by atoms with Crippen LogP contribution in [0, 0.1) is 0 Å². The van der Waals surface area contributed by atoms with E-state index in [4.69, 9.17) is 16.6 Å². The molecule has 1 saturated heterocycles. The molecule has 54 heavy (non-hydrogen) atoms. The summed E-state index contributed by atoms with van der Waals surface area (Å²) in [5, 5.41) is 7.09. The van der Waals surface area contributed by atoms with Gasteiger partial charge < -0.3 is 29.6 Å². The Balaban J connectivity index is 0.000000432. The molecule has 2 aliphatic carbocycles. The highest BCUT2D eigenvalue weighted by Crippen LogP contribution is 2.38. The Hall–Kier alpha value is -3.78. The molecule has 7 rings (SSSR count). The summed E-state index contributed by atoms with van der Waals surface area (Å²) in [5.41, 5.74) is 4.57. The van der Waals surface area contributed by atoms with Gasteiger partial charge in [0.1, 0.15) is 6.04 Å². The molecule has 0 radical (unpaired) electrons. The smallest absolute Gasteiger partial charge is 0.318 e. The van der Waals surface area contributed by atoms with E-state index >= 15 is 0 Å². The number of hydrogen-bond acceptors (Lipinski definition) is 7. The molecule has 0 bridgehead atoms. The molecule has 14 heteroatoms. The zero-order chi connectivity index (χ0) is 37.9. The van der Waals surface area contributed by atoms with Crippen molar-refractivity contribution >= 4 is 39.5 Å². The number of pyridine rings is 1. The van der Waals surface area contributed by atoms with Crippen LogP contribution in [0.1, 0.15) is 73.4 Å². The highest BCUT2D eigenvalue weighted by atomic mass is 79.9. The summed E-state index contributed by atoms with van der Waals surface area (Å²) in [6.07, 6.45) is 22.1. The molecule has 3 amide bonds. The number of nitrogens with zero attached hydrogens (tertiary/aromatic N) is 8. The van der Waals surface area contributed by atoms with Crippen LogP contribution in [-0.2, 0) is 30.7 Å². The van der Waals surface area contributed by atoms with Crippen molar-refractivity contribution in [2.45, 2.75) is 89.0 Å². The monoisotopic (exact) mass is 820 g/mol. The highest BCUT2D eigenvalue weighted by Gasteiger charge is 2.41. The predicted molar refractivity (Wildman–Crippen MR) is 215 cm³/mol. The molecule has 1 aromatic carbocycles. The third-order valence-corrected chi connectivity index (χ3v) is 11.5. The molecule has 4 heterocycles. The van der Waals surface area contributed by atoms with Crippen molar-refractivity contribution in [3.05, 3.63) is 99.8 Å². The molecule has 12 nitrogen and oxygen atoms in total. The maximum Gasteiger partial charge on any atom is 0.318 e. The molecule has 2 N–H and O–H groups in total. The summed E-state index contributed by atoms with van der Waals surface area (Å²) in [6, 6.07) is 7.58. The van der Waals surface area contributed by atoms with Crippen molar-refractivity contribution in [3.63, 3.8) is 0 Å². The Morgan fingerprint density at radius 2 is 1.69 bits per heavy atom. The SMILES string of the molecule is CN(CCCn1ccnc1)C(=O)[C@H]1CN(C2c3ccc(Cl)cc3CCc3cc(Br)cnc32)CCN1C(=O)NC1CCCCC1.CNCCCn1ccnc1. The maximum atomic E-state index is 14.2. The van der Waals surface area contributed by atoms with Crippen LogP contribution in [-0.4, -0.2) is 110 Å². The number of urea groups is 1. The van der Waals surface area contributed by atoms with Crippen molar-refractivity contribution < 1.29 is 9.59 Å². The molecule has 4 aromatic rings. The number of fused-ring (bicyclic) bond motifs is 2. The van der Waals surface area contributed by atoms with Gasteiger partial charge in [0, 0.05) is 92.8 Å². The summed E-state index contributed by atoms with van der Waals surface area (Å²) in [4.78, 5) is 46.9. The number of amides is 3. The molecule has 2 fully saturated rings. The van der Waals surface area contributed by atoms with E-state index in [9.17, 15) is 9.59 Å². The van der Waals surface area contributed by atoms with Gasteiger partial charge in [0.15, 0.2) is 0 Å². The minimum Gasteiger partial charge on any atom is -0.344 e. The third kappa shape index (κ3) is 10.5. The minimum atomic E-state index is -0.608. The van der Waals surface area contributed by atoms with E-state index in [1.807, 2.05) is 49.6 Å². The highest BCUT2D eigenvalue weighted by molar-refractivity contribution is 9.10. The van der Waals surface area contributed by atoms with Gasteiger partial charge in [0.2, 0.25) is 5.91 Å². The van der Waals surface area contributed by atoms with Crippen molar-refractivity contribution in [3.8, 4) is 0 Å². The molecule has 290 valence electrons. The lowest BCUT2D eigenvalue weighted by atomic mass is 9.94. The molecular weight excluding hydrogens is 768 g/mol. The number of rotatable bonds is 11. The van der Waals surface area contributed by atoms with Crippen molar-refractivity contribution in [1.29, 1.82) is 0 Å². The molecule has 2 atom stereocenters. The Labute approximate surface area is 332 Å². The second-order valence-electron chi connectivity index (χ2n) is 14.6. The van der Waals surface area contributed by atoms with E-state index in [0.29, 0.717) is 26.2 Å². The van der Waals surface area contributed by atoms with E-state index in [2.05, 4.69) is 64.2 Å². The largest absolute Gasteiger partial charge is 0.344 e. The normalized spacial score (nSPS) is 18.9. The summed E-state index contributed by atoms with van der Waals surface area (Å²) >= 11 is 10.1. The maximum absolute atomic E-state index is 14.2. The van der Waals surface area contributed by atoms with E-state index in [-0.39, 0.29) is 24.0 Å². The van der Waals surface area contributed by atoms with Crippen LogP contribution in [0.4, 0.5) is 4.79 Å². The number of carbonyl (C=O) groups is 2. The number of imidazole rings is 2. The quantitative estimate of drug-likeness (QED) is 0.180. The number of benzene rings is 1. The lowest BCUT2D eigenvalue weighted by molar-refractivity contribution is -0.137. The average Bonchev–Trinajstić information content (AvgIpc) is 3.88. The summed E-state index contributed by atoms with van der Waals surface area (Å²) in [6.45, 7) is 5.01. The summed E-state index contributed by atoms with van der Waals surface area (Å²) in [5.74, 6) is -0.0342. The second kappa shape index (κ2) is 19.7. The van der Waals surface area contributed by atoms with Crippen LogP contribution < -0.4 is 10.6 Å². The van der Waals surface area contributed by atoms with Gasteiger partial charge in [0.05, 0.1) is 24.4 Å². The third-order valence-electron chi connectivity index (χ3n) is 10.8. The van der Waals surface area contributed by atoms with Gasteiger partial charge in [-0.15, -0.1) is 0 Å². The topological polar surface area (TPSA) is 116 Å². The summed E-state index contributed by atoms with van der Waals surface area (Å²) < 4.78 is 5.05. The Kier molecular flexibility index (Phi) is 14.6. The van der Waals surface area contributed by atoms with Crippen LogP contribution in [0.25, 0.3) is 0 Å². The van der Waals surface area contributed by atoms with Gasteiger partial charge in [-0.25, -0.2) is 14.8 Å².